The molecule has 0 spiro atoms. The Morgan fingerprint density at radius 3 is 1.05 bits per heavy atom. The molecular formula is C63H106N2O8P2S2. The standard InChI is InChI=1S/C63H106N2O8P2S2/c1-41(2)55-33-21-47(11)37-59(55)70-74(71-60-38-48(12)22-34-56(60)42(3)4)64(76(66,67)53-29-17-45(9)18-30-53)52-27-25-51(26-28-52)63(15,16)65(77(68,69)54-31-19-46(10)20-32-54)75(72-61-39-49(13)23-35-57(61)43(5)6)73-62-40-50(14)24-36-58(62)44(7)8/h17-20,29-32,41-44,47-52,55-62H,21-28,33-40H2,1-16H3/t47-,48-,49-,50-,51?,52?,55+,56+,57+,58+,59-,60-,61-,62-/m1/s1. The quantitative estimate of drug-likeness (QED) is 0.114. The Balaban J connectivity index is 1.32. The molecule has 0 aromatic heterocycles. The molecule has 0 heterocycles. The van der Waals surface area contributed by atoms with E-state index in [9.17, 15) is 0 Å². The van der Waals surface area contributed by atoms with Gasteiger partial charge in [-0.2, -0.15) is 0 Å². The van der Waals surface area contributed by atoms with Crippen molar-refractivity contribution in [1.29, 1.82) is 0 Å². The molecule has 0 aliphatic heterocycles. The molecule has 10 nitrogen and oxygen atoms in total. The van der Waals surface area contributed by atoms with Gasteiger partial charge in [-0.15, -0.1) is 8.15 Å². The molecule has 5 saturated carbocycles. The molecule has 12 atom stereocenters. The lowest BCUT2D eigenvalue weighted by molar-refractivity contribution is -0.00486. The third-order valence-electron chi connectivity index (χ3n) is 19.7. The number of benzene rings is 2. The summed E-state index contributed by atoms with van der Waals surface area (Å²) in [4.78, 5) is 0.493. The third-order valence-corrected chi connectivity index (χ3v) is 28.5. The van der Waals surface area contributed by atoms with Gasteiger partial charge in [0.05, 0.1) is 34.2 Å². The first-order chi connectivity index (χ1) is 36.2. The van der Waals surface area contributed by atoms with Gasteiger partial charge in [0.1, 0.15) is 0 Å². The van der Waals surface area contributed by atoms with E-state index in [0.717, 1.165) is 88.2 Å². The SMILES string of the molecule is Cc1ccc(S(=O)(=O)N(C2CCC(C(C)(C)N(P(O[C@@H]3C[C@H](C)CC[C@H]3C(C)C)O[C@@H]3C[C@H](C)CC[C@H]3C(C)C)S(=O)(=O)c3ccc(C)cc3)CC2)P(O[C@@H]2C[C@H](C)CC[C@H]2C(C)C)O[C@@H]2C[C@H](C)CC[C@H]2C(C)C)cc1. The first kappa shape index (κ1) is 63.5. The van der Waals surface area contributed by atoms with E-state index < -0.39 is 48.7 Å². The van der Waals surface area contributed by atoms with Crippen molar-refractivity contribution in [2.24, 2.45) is 76.9 Å². The summed E-state index contributed by atoms with van der Waals surface area (Å²) in [6.07, 6.45) is 13.8. The predicted molar refractivity (Wildman–Crippen MR) is 319 cm³/mol. The molecule has 0 saturated heterocycles. The Morgan fingerprint density at radius 1 is 0.442 bits per heavy atom. The average Bonchev–Trinajstić information content (AvgIpc) is 3.36. The Labute approximate surface area is 473 Å². The highest BCUT2D eigenvalue weighted by atomic mass is 32.2. The van der Waals surface area contributed by atoms with Gasteiger partial charge in [0, 0.05) is 11.6 Å². The molecule has 2 aromatic rings. The van der Waals surface area contributed by atoms with Gasteiger partial charge in [0.25, 0.3) is 27.1 Å². The molecule has 5 aliphatic rings. The van der Waals surface area contributed by atoms with Crippen molar-refractivity contribution in [2.45, 2.75) is 259 Å². The van der Waals surface area contributed by atoms with Crippen LogP contribution in [-0.4, -0.2) is 61.0 Å². The van der Waals surface area contributed by atoms with Gasteiger partial charge in [0.2, 0.25) is 10.0 Å². The van der Waals surface area contributed by atoms with Crippen molar-refractivity contribution in [3.63, 3.8) is 0 Å². The highest BCUT2D eigenvalue weighted by Crippen LogP contribution is 2.61. The van der Waals surface area contributed by atoms with Crippen molar-refractivity contribution in [1.82, 2.24) is 8.15 Å². The zero-order valence-electron chi connectivity index (χ0n) is 50.7. The number of hydrogen-bond donors (Lipinski definition) is 0. The number of hydrogen-bond acceptors (Lipinski definition) is 8. The van der Waals surface area contributed by atoms with Crippen molar-refractivity contribution < 1.29 is 34.9 Å². The molecule has 77 heavy (non-hydrogen) atoms. The summed E-state index contributed by atoms with van der Waals surface area (Å²) in [5.74, 6) is 4.24. The fourth-order valence-corrected chi connectivity index (χ4v) is 23.1. The molecule has 0 N–H and O–H groups in total. The van der Waals surface area contributed by atoms with Gasteiger partial charge >= 0.3 is 0 Å². The predicted octanol–water partition coefficient (Wildman–Crippen LogP) is 17.7. The fraction of sp³-hybridized carbons (Fsp3) is 0.810. The normalized spacial score (nSPS) is 32.4. The summed E-state index contributed by atoms with van der Waals surface area (Å²) in [6, 6.07) is 14.1. The van der Waals surface area contributed by atoms with Crippen LogP contribution in [0.5, 0.6) is 0 Å². The highest BCUT2D eigenvalue weighted by molar-refractivity contribution is 7.94. The summed E-state index contributed by atoms with van der Waals surface area (Å²) in [5, 5.41) is 0. The van der Waals surface area contributed by atoms with Crippen LogP contribution in [0.15, 0.2) is 58.3 Å². The molecule has 0 unspecified atom stereocenters. The van der Waals surface area contributed by atoms with Crippen molar-refractivity contribution >= 4 is 37.1 Å². The smallest absolute Gasteiger partial charge is 0.274 e. The van der Waals surface area contributed by atoms with Crippen LogP contribution in [-0.2, 0) is 38.1 Å². The maximum absolute atomic E-state index is 16.0. The zero-order chi connectivity index (χ0) is 56.3. The lowest BCUT2D eigenvalue weighted by atomic mass is 9.75. The minimum Gasteiger partial charge on any atom is -0.318 e. The Morgan fingerprint density at radius 2 is 0.740 bits per heavy atom. The molecule has 0 amide bonds. The van der Waals surface area contributed by atoms with Crippen LogP contribution in [0, 0.1) is 90.8 Å². The van der Waals surface area contributed by atoms with Crippen LogP contribution >= 0.6 is 17.1 Å². The van der Waals surface area contributed by atoms with E-state index in [0.29, 0.717) is 73.0 Å². The van der Waals surface area contributed by atoms with Crippen LogP contribution in [0.3, 0.4) is 0 Å². The maximum atomic E-state index is 16.0. The van der Waals surface area contributed by atoms with Gasteiger partial charge in [-0.1, -0.05) is 144 Å². The second-order valence-corrected chi connectivity index (χ2v) is 34.4. The topological polar surface area (TPSA) is 112 Å². The summed E-state index contributed by atoms with van der Waals surface area (Å²) >= 11 is 0. The molecule has 5 aliphatic carbocycles. The Hall–Kier alpha value is -1.04. The average molecular weight is 1150 g/mol. The molecule has 2 aromatic carbocycles. The number of nitrogens with zero attached hydrogens (tertiary/aromatic N) is 2. The van der Waals surface area contributed by atoms with Crippen molar-refractivity contribution in [2.75, 3.05) is 0 Å². The fourth-order valence-electron chi connectivity index (χ4n) is 14.4. The van der Waals surface area contributed by atoms with E-state index >= 15 is 16.8 Å². The first-order valence-electron chi connectivity index (χ1n) is 30.7. The van der Waals surface area contributed by atoms with Crippen LogP contribution in [0.25, 0.3) is 0 Å². The van der Waals surface area contributed by atoms with Crippen LogP contribution < -0.4 is 0 Å². The first-order valence-corrected chi connectivity index (χ1v) is 35.8. The number of rotatable bonds is 21. The largest absolute Gasteiger partial charge is 0.318 e. The lowest BCUT2D eigenvalue weighted by Gasteiger charge is -2.50. The van der Waals surface area contributed by atoms with Gasteiger partial charge in [-0.25, -0.2) is 16.8 Å². The second-order valence-electron chi connectivity index (χ2n) is 27.7. The van der Waals surface area contributed by atoms with Crippen LogP contribution in [0.1, 0.15) is 211 Å². The van der Waals surface area contributed by atoms with E-state index in [4.69, 9.17) is 18.1 Å². The van der Waals surface area contributed by atoms with Gasteiger partial charge in [0.15, 0.2) is 0 Å². The summed E-state index contributed by atoms with van der Waals surface area (Å²) in [5.41, 5.74) is 0.989. The van der Waals surface area contributed by atoms with E-state index in [-0.39, 0.29) is 63.8 Å². The summed E-state index contributed by atoms with van der Waals surface area (Å²) < 4.78 is 97.3. The Kier molecular flexibility index (Phi) is 22.4. The highest BCUT2D eigenvalue weighted by Gasteiger charge is 2.54. The molecule has 438 valence electrons. The molecule has 14 heteroatoms. The van der Waals surface area contributed by atoms with E-state index in [1.54, 1.807) is 32.4 Å². The Bertz CT molecular complexity index is 2310. The number of aryl methyl sites for hydroxylation is 2. The third kappa shape index (κ3) is 15.4. The van der Waals surface area contributed by atoms with E-state index in [1.807, 2.05) is 38.1 Å². The zero-order valence-corrected chi connectivity index (χ0v) is 54.1. The summed E-state index contributed by atoms with van der Waals surface area (Å²) in [6.45, 7) is 35.6. The monoisotopic (exact) mass is 1140 g/mol. The van der Waals surface area contributed by atoms with Gasteiger partial charge < -0.3 is 18.1 Å². The molecule has 7 rings (SSSR count). The minimum atomic E-state index is -4.23. The molecular weight excluding hydrogens is 1040 g/mol. The second kappa shape index (κ2) is 27.1. The van der Waals surface area contributed by atoms with Crippen LogP contribution in [0.4, 0.5) is 0 Å². The van der Waals surface area contributed by atoms with Gasteiger partial charge in [-0.3, -0.25) is 0 Å². The summed E-state index contributed by atoms with van der Waals surface area (Å²) in [7, 11) is -12.7. The molecule has 5 fully saturated rings. The lowest BCUT2D eigenvalue weighted by Crippen LogP contribution is -2.53. The van der Waals surface area contributed by atoms with Crippen molar-refractivity contribution in [3.05, 3.63) is 59.7 Å². The molecule has 0 radical (unpaired) electrons. The number of sulfonamides is 2. The van der Waals surface area contributed by atoms with Gasteiger partial charge in [-0.05, 0) is 206 Å². The maximum Gasteiger partial charge on any atom is 0.274 e. The molecule has 0 bridgehead atoms. The van der Waals surface area contributed by atoms with E-state index in [1.165, 1.54) is 0 Å². The van der Waals surface area contributed by atoms with E-state index in [2.05, 4.69) is 96.9 Å². The van der Waals surface area contributed by atoms with Crippen molar-refractivity contribution in [3.8, 4) is 0 Å². The van der Waals surface area contributed by atoms with Crippen LogP contribution in [0.2, 0.25) is 0 Å². The minimum absolute atomic E-state index is 0.140.